The third-order valence-corrected chi connectivity index (χ3v) is 3.99. The fourth-order valence-corrected chi connectivity index (χ4v) is 2.72. The maximum absolute atomic E-state index is 12.1. The number of carbonyl (C=O) groups excluding carboxylic acids is 1. The molecule has 3 N–H and O–H groups in total. The molecule has 3 rings (SSSR count). The number of amides is 1. The molecule has 1 amide bonds. The number of carbonyl (C=O) groups is 1. The van der Waals surface area contributed by atoms with Crippen LogP contribution in [-0.2, 0) is 4.79 Å². The van der Waals surface area contributed by atoms with Gasteiger partial charge in [0.1, 0.15) is 0 Å². The van der Waals surface area contributed by atoms with Crippen molar-refractivity contribution in [2.45, 2.75) is 6.42 Å². The van der Waals surface area contributed by atoms with Crippen LogP contribution in [0.4, 0.5) is 5.69 Å². The lowest BCUT2D eigenvalue weighted by molar-refractivity contribution is -0.119. The highest BCUT2D eigenvalue weighted by Crippen LogP contribution is 2.31. The Morgan fingerprint density at radius 2 is 2.30 bits per heavy atom. The molecule has 0 bridgehead atoms. The van der Waals surface area contributed by atoms with Crippen molar-refractivity contribution in [3.05, 3.63) is 41.1 Å². The van der Waals surface area contributed by atoms with Crippen molar-refractivity contribution >= 4 is 35.0 Å². The van der Waals surface area contributed by atoms with E-state index in [1.54, 1.807) is 0 Å². The van der Waals surface area contributed by atoms with E-state index < -0.39 is 0 Å². The Morgan fingerprint density at radius 3 is 3.05 bits per heavy atom. The van der Waals surface area contributed by atoms with E-state index in [1.165, 1.54) is 0 Å². The Kier molecular flexibility index (Phi) is 3.51. The predicted molar refractivity (Wildman–Crippen MR) is 82.3 cm³/mol. The summed E-state index contributed by atoms with van der Waals surface area (Å²) in [6.45, 7) is 5.56. The molecule has 1 atom stereocenters. The third kappa shape index (κ3) is 2.44. The van der Waals surface area contributed by atoms with Crippen molar-refractivity contribution in [2.24, 2.45) is 5.92 Å². The van der Waals surface area contributed by atoms with Crippen LogP contribution < -0.4 is 16.0 Å². The first-order chi connectivity index (χ1) is 9.65. The summed E-state index contributed by atoms with van der Waals surface area (Å²) in [7, 11) is 0. The van der Waals surface area contributed by atoms with Gasteiger partial charge >= 0.3 is 0 Å². The van der Waals surface area contributed by atoms with Crippen molar-refractivity contribution in [3.63, 3.8) is 0 Å². The first kappa shape index (κ1) is 13.2. The van der Waals surface area contributed by atoms with Gasteiger partial charge in [-0.05, 0) is 36.7 Å². The number of halogens is 1. The summed E-state index contributed by atoms with van der Waals surface area (Å²) in [6, 6.07) is 3.72. The van der Waals surface area contributed by atoms with E-state index in [0.29, 0.717) is 10.7 Å². The molecular weight excluding hydrogens is 274 g/mol. The zero-order chi connectivity index (χ0) is 14.1. The highest BCUT2D eigenvalue weighted by Gasteiger charge is 2.23. The Balaban J connectivity index is 1.85. The van der Waals surface area contributed by atoms with E-state index in [9.17, 15) is 4.79 Å². The highest BCUT2D eigenvalue weighted by molar-refractivity contribution is 6.34. The largest absolute Gasteiger partial charge is 0.362 e. The number of anilines is 1. The molecule has 0 saturated carbocycles. The minimum Gasteiger partial charge on any atom is -0.362 e. The normalized spacial score (nSPS) is 20.4. The molecular formula is C15H16ClN3O. The average Bonchev–Trinajstić information content (AvgIpc) is 2.95. The molecule has 104 valence electrons. The Labute approximate surface area is 122 Å². The molecule has 4 nitrogen and oxygen atoms in total. The van der Waals surface area contributed by atoms with Crippen molar-refractivity contribution in [1.82, 2.24) is 10.6 Å². The third-order valence-electron chi connectivity index (χ3n) is 3.67. The summed E-state index contributed by atoms with van der Waals surface area (Å²) >= 11 is 6.25. The van der Waals surface area contributed by atoms with E-state index in [0.717, 1.165) is 36.3 Å². The molecule has 1 fully saturated rings. The minimum atomic E-state index is 0.0218. The second kappa shape index (κ2) is 5.31. The molecule has 0 spiro atoms. The fraction of sp³-hybridized carbons (Fsp3) is 0.267. The molecule has 2 aliphatic rings. The van der Waals surface area contributed by atoms with Gasteiger partial charge in [0.15, 0.2) is 0 Å². The lowest BCUT2D eigenvalue weighted by atomic mass is 10.0. The molecule has 20 heavy (non-hydrogen) atoms. The topological polar surface area (TPSA) is 53.2 Å². The lowest BCUT2D eigenvalue weighted by Gasteiger charge is -2.18. The van der Waals surface area contributed by atoms with E-state index in [4.69, 9.17) is 11.6 Å². The van der Waals surface area contributed by atoms with E-state index in [1.807, 2.05) is 24.4 Å². The molecule has 1 saturated heterocycles. The molecule has 1 aromatic rings. The van der Waals surface area contributed by atoms with Gasteiger partial charge in [-0.15, -0.1) is 0 Å². The number of rotatable bonds is 2. The summed E-state index contributed by atoms with van der Waals surface area (Å²) in [4.78, 5) is 12.1. The minimum absolute atomic E-state index is 0.0218. The maximum Gasteiger partial charge on any atom is 0.228 e. The second-order valence-corrected chi connectivity index (χ2v) is 5.46. The average molecular weight is 290 g/mol. The van der Waals surface area contributed by atoms with Gasteiger partial charge in [0, 0.05) is 24.0 Å². The zero-order valence-corrected chi connectivity index (χ0v) is 11.8. The molecule has 2 aliphatic heterocycles. The van der Waals surface area contributed by atoms with Gasteiger partial charge in [-0.3, -0.25) is 4.79 Å². The number of hydrogen-bond acceptors (Lipinski definition) is 3. The number of nitrogens with one attached hydrogen (secondary N) is 3. The van der Waals surface area contributed by atoms with Crippen LogP contribution in [0.5, 0.6) is 0 Å². The molecule has 2 heterocycles. The van der Waals surface area contributed by atoms with Gasteiger partial charge in [0.25, 0.3) is 0 Å². The van der Waals surface area contributed by atoms with Gasteiger partial charge in [0.2, 0.25) is 5.91 Å². The van der Waals surface area contributed by atoms with Crippen LogP contribution in [-0.4, -0.2) is 19.0 Å². The quantitative estimate of drug-likeness (QED) is 0.784. The van der Waals surface area contributed by atoms with Gasteiger partial charge in [-0.25, -0.2) is 0 Å². The van der Waals surface area contributed by atoms with Gasteiger partial charge in [-0.1, -0.05) is 18.2 Å². The first-order valence-electron chi connectivity index (χ1n) is 6.62. The smallest absolute Gasteiger partial charge is 0.228 e. The molecule has 0 radical (unpaired) electrons. The van der Waals surface area contributed by atoms with E-state index in [2.05, 4.69) is 22.5 Å². The SMILES string of the molecule is C=C1NC=Cc2cc(NC(=O)[C@@H]3CCNC3)c(Cl)cc21. The number of fused-ring (bicyclic) bond motifs is 1. The summed E-state index contributed by atoms with van der Waals surface area (Å²) in [6.07, 6.45) is 4.63. The van der Waals surface area contributed by atoms with Crippen LogP contribution in [0.15, 0.2) is 24.9 Å². The Morgan fingerprint density at radius 1 is 1.45 bits per heavy atom. The summed E-state index contributed by atoms with van der Waals surface area (Å²) in [5.74, 6) is 0.0443. The first-order valence-corrected chi connectivity index (χ1v) is 7.00. The van der Waals surface area contributed by atoms with Crippen molar-refractivity contribution in [1.29, 1.82) is 0 Å². The molecule has 0 aliphatic carbocycles. The van der Waals surface area contributed by atoms with Crippen molar-refractivity contribution in [2.75, 3.05) is 18.4 Å². The molecule has 0 aromatic heterocycles. The fourth-order valence-electron chi connectivity index (χ4n) is 2.51. The van der Waals surface area contributed by atoms with Gasteiger partial charge in [0.05, 0.1) is 16.6 Å². The summed E-state index contributed by atoms with van der Waals surface area (Å²) in [5.41, 5.74) is 3.42. The maximum atomic E-state index is 12.1. The van der Waals surface area contributed by atoms with E-state index in [-0.39, 0.29) is 11.8 Å². The lowest BCUT2D eigenvalue weighted by Crippen LogP contribution is -2.25. The number of hydrogen-bond donors (Lipinski definition) is 3. The van der Waals surface area contributed by atoms with Crippen LogP contribution in [0.25, 0.3) is 11.8 Å². The van der Waals surface area contributed by atoms with Crippen molar-refractivity contribution < 1.29 is 4.79 Å². The zero-order valence-electron chi connectivity index (χ0n) is 11.0. The van der Waals surface area contributed by atoms with Gasteiger partial charge < -0.3 is 16.0 Å². The standard InChI is InChI=1S/C15H16ClN3O/c1-9-12-7-13(16)14(6-10(12)3-5-18-9)19-15(20)11-2-4-17-8-11/h3,5-7,11,17-18H,1-2,4,8H2,(H,19,20)/t11-/m1/s1. The van der Waals surface area contributed by atoms with Crippen LogP contribution in [0.1, 0.15) is 17.5 Å². The number of benzene rings is 1. The molecule has 1 aromatic carbocycles. The van der Waals surface area contributed by atoms with Crippen molar-refractivity contribution in [3.8, 4) is 0 Å². The Hall–Kier alpha value is -1.78. The highest BCUT2D eigenvalue weighted by atomic mass is 35.5. The van der Waals surface area contributed by atoms with Crippen LogP contribution in [0, 0.1) is 5.92 Å². The molecule has 5 heteroatoms. The predicted octanol–water partition coefficient (Wildman–Crippen LogP) is 2.43. The van der Waals surface area contributed by atoms with Crippen LogP contribution >= 0.6 is 11.6 Å². The summed E-state index contributed by atoms with van der Waals surface area (Å²) in [5, 5.41) is 9.68. The summed E-state index contributed by atoms with van der Waals surface area (Å²) < 4.78 is 0. The van der Waals surface area contributed by atoms with Crippen LogP contribution in [0.2, 0.25) is 5.02 Å². The molecule has 0 unspecified atom stereocenters. The van der Waals surface area contributed by atoms with Gasteiger partial charge in [-0.2, -0.15) is 0 Å². The Bertz CT molecular complexity index is 603. The monoisotopic (exact) mass is 289 g/mol. The second-order valence-electron chi connectivity index (χ2n) is 5.05. The van der Waals surface area contributed by atoms with E-state index >= 15 is 0 Å². The van der Waals surface area contributed by atoms with Crippen LogP contribution in [0.3, 0.4) is 0 Å².